The van der Waals surface area contributed by atoms with Crippen molar-refractivity contribution in [1.29, 1.82) is 0 Å². The number of nitrogens with zero attached hydrogens (tertiary/aromatic N) is 3. The van der Waals surface area contributed by atoms with Crippen molar-refractivity contribution in [2.45, 2.75) is 57.7 Å². The maximum Gasteiger partial charge on any atom is 0.224 e. The predicted molar refractivity (Wildman–Crippen MR) is 114 cm³/mol. The molecule has 7 heteroatoms. The number of imidazole rings is 1. The summed E-state index contributed by atoms with van der Waals surface area (Å²) in [6, 6.07) is 7.69. The molecule has 0 spiro atoms. The number of hydrogen-bond acceptors (Lipinski definition) is 4. The molecule has 1 fully saturated rings. The Balaban J connectivity index is 1.90. The number of aromatic nitrogens is 3. The lowest BCUT2D eigenvalue weighted by Crippen LogP contribution is -2.44. The van der Waals surface area contributed by atoms with Gasteiger partial charge in [0, 0.05) is 18.3 Å². The van der Waals surface area contributed by atoms with Crippen molar-refractivity contribution in [1.82, 2.24) is 14.5 Å². The Morgan fingerprint density at radius 1 is 1.06 bits per heavy atom. The number of pyridine rings is 1. The van der Waals surface area contributed by atoms with Crippen LogP contribution in [-0.4, -0.2) is 32.8 Å². The van der Waals surface area contributed by atoms with Crippen LogP contribution in [0.5, 0.6) is 5.88 Å². The normalized spacial score (nSPS) is 18.2. The average molecular weight is 427 g/mol. The monoisotopic (exact) mass is 427 g/mol. The van der Waals surface area contributed by atoms with Gasteiger partial charge in [-0.2, -0.15) is 0 Å². The van der Waals surface area contributed by atoms with Gasteiger partial charge in [-0.25, -0.2) is 18.7 Å². The van der Waals surface area contributed by atoms with Crippen molar-refractivity contribution in [3.63, 3.8) is 0 Å². The molecule has 1 aliphatic heterocycles. The summed E-state index contributed by atoms with van der Waals surface area (Å²) in [6.45, 7) is 8.26. The molecule has 1 saturated heterocycles. The molecule has 4 rings (SSSR count). The van der Waals surface area contributed by atoms with Crippen LogP contribution in [0.2, 0.25) is 0 Å². The number of methoxy groups -OCH3 is 1. The summed E-state index contributed by atoms with van der Waals surface area (Å²) in [5.74, 6) is -0.927. The molecule has 0 saturated carbocycles. The van der Waals surface area contributed by atoms with Gasteiger partial charge in [0.15, 0.2) is 11.6 Å². The highest BCUT2D eigenvalue weighted by molar-refractivity contribution is 5.65. The first-order chi connectivity index (χ1) is 14.6. The van der Waals surface area contributed by atoms with E-state index in [-0.39, 0.29) is 22.8 Å². The SMILES string of the molecule is COc1ncccc1-c1nc(C2CC(C)(C)OC(C)(C)C2)cn1-c1cccc(F)c1F. The van der Waals surface area contributed by atoms with Gasteiger partial charge in [0.25, 0.3) is 0 Å². The van der Waals surface area contributed by atoms with Crippen LogP contribution >= 0.6 is 0 Å². The highest BCUT2D eigenvalue weighted by Gasteiger charge is 2.41. The molecule has 1 aliphatic rings. The van der Waals surface area contributed by atoms with Gasteiger partial charge in [0.2, 0.25) is 5.88 Å². The van der Waals surface area contributed by atoms with E-state index >= 15 is 0 Å². The molecule has 0 amide bonds. The molecule has 5 nitrogen and oxygen atoms in total. The van der Waals surface area contributed by atoms with Gasteiger partial charge in [-0.1, -0.05) is 6.07 Å². The molecular weight excluding hydrogens is 400 g/mol. The Labute approximate surface area is 181 Å². The van der Waals surface area contributed by atoms with Crippen LogP contribution in [-0.2, 0) is 4.74 Å². The Hall–Kier alpha value is -2.80. The summed E-state index contributed by atoms with van der Waals surface area (Å²) in [5, 5.41) is 0. The van der Waals surface area contributed by atoms with E-state index in [1.165, 1.54) is 19.2 Å². The highest BCUT2D eigenvalue weighted by Crippen LogP contribution is 2.44. The Bertz CT molecular complexity index is 1090. The van der Waals surface area contributed by atoms with Crippen LogP contribution in [0.15, 0.2) is 42.7 Å². The molecule has 0 unspecified atom stereocenters. The maximum atomic E-state index is 14.8. The minimum Gasteiger partial charge on any atom is -0.480 e. The van der Waals surface area contributed by atoms with Gasteiger partial charge in [-0.15, -0.1) is 0 Å². The van der Waals surface area contributed by atoms with Crippen LogP contribution in [0.4, 0.5) is 8.78 Å². The largest absolute Gasteiger partial charge is 0.480 e. The smallest absolute Gasteiger partial charge is 0.224 e. The van der Waals surface area contributed by atoms with Gasteiger partial charge in [0.1, 0.15) is 5.82 Å². The fraction of sp³-hybridized carbons (Fsp3) is 0.417. The Kier molecular flexibility index (Phi) is 5.33. The van der Waals surface area contributed by atoms with E-state index in [1.807, 2.05) is 6.07 Å². The van der Waals surface area contributed by atoms with Gasteiger partial charge < -0.3 is 9.47 Å². The minimum atomic E-state index is -0.928. The molecule has 0 aliphatic carbocycles. The average Bonchev–Trinajstić information content (AvgIpc) is 3.13. The molecule has 3 aromatic rings. The minimum absolute atomic E-state index is 0.0882. The highest BCUT2D eigenvalue weighted by atomic mass is 19.2. The van der Waals surface area contributed by atoms with E-state index < -0.39 is 11.6 Å². The van der Waals surface area contributed by atoms with Crippen molar-refractivity contribution in [2.75, 3.05) is 7.11 Å². The van der Waals surface area contributed by atoms with Gasteiger partial charge in [-0.05, 0) is 64.8 Å². The summed E-state index contributed by atoms with van der Waals surface area (Å²) in [7, 11) is 1.52. The maximum absolute atomic E-state index is 14.8. The first kappa shape index (κ1) is 21.4. The standard InChI is InChI=1S/C24H27F2N3O2/c1-23(2)12-15(13-24(3,4)31-23)18-14-29(19-10-6-9-17(25)20(19)26)21(28-18)16-8-7-11-27-22(16)30-5/h6-11,14-15H,12-13H2,1-5H3. The van der Waals surface area contributed by atoms with Crippen LogP contribution in [0.25, 0.3) is 17.1 Å². The molecular formula is C24H27F2N3O2. The zero-order chi connectivity index (χ0) is 22.4. The van der Waals surface area contributed by atoms with Crippen LogP contribution in [0.1, 0.15) is 52.1 Å². The Morgan fingerprint density at radius 2 is 1.77 bits per heavy atom. The summed E-state index contributed by atoms with van der Waals surface area (Å²) < 4.78 is 42.0. The van der Waals surface area contributed by atoms with Gasteiger partial charge in [0.05, 0.1) is 35.3 Å². The first-order valence-electron chi connectivity index (χ1n) is 10.3. The molecule has 1 aromatic carbocycles. The third kappa shape index (κ3) is 4.19. The number of benzene rings is 1. The van der Waals surface area contributed by atoms with Crippen molar-refractivity contribution in [3.05, 3.63) is 60.1 Å². The molecule has 0 bridgehead atoms. The molecule has 31 heavy (non-hydrogen) atoms. The summed E-state index contributed by atoms with van der Waals surface area (Å²) in [6.07, 6.45) is 4.94. The topological polar surface area (TPSA) is 49.2 Å². The zero-order valence-corrected chi connectivity index (χ0v) is 18.4. The third-order valence-corrected chi connectivity index (χ3v) is 5.57. The predicted octanol–water partition coefficient (Wildman–Crippen LogP) is 5.67. The number of rotatable bonds is 4. The van der Waals surface area contributed by atoms with Crippen molar-refractivity contribution >= 4 is 0 Å². The van der Waals surface area contributed by atoms with E-state index in [9.17, 15) is 8.78 Å². The lowest BCUT2D eigenvalue weighted by Gasteiger charge is -2.45. The molecule has 0 radical (unpaired) electrons. The fourth-order valence-corrected chi connectivity index (χ4v) is 4.67. The van der Waals surface area contributed by atoms with E-state index in [0.717, 1.165) is 24.6 Å². The van der Waals surface area contributed by atoms with Crippen LogP contribution in [0.3, 0.4) is 0 Å². The van der Waals surface area contributed by atoms with Crippen LogP contribution < -0.4 is 4.74 Å². The van der Waals surface area contributed by atoms with Crippen LogP contribution in [0, 0.1) is 11.6 Å². The molecule has 164 valence electrons. The molecule has 0 atom stereocenters. The van der Waals surface area contributed by atoms with Crippen molar-refractivity contribution in [3.8, 4) is 23.0 Å². The number of hydrogen-bond donors (Lipinski definition) is 0. The van der Waals surface area contributed by atoms with Crippen molar-refractivity contribution < 1.29 is 18.3 Å². The third-order valence-electron chi connectivity index (χ3n) is 5.57. The Morgan fingerprint density at radius 3 is 2.45 bits per heavy atom. The number of ether oxygens (including phenoxy) is 2. The van der Waals surface area contributed by atoms with E-state index in [1.54, 1.807) is 23.0 Å². The lowest BCUT2D eigenvalue weighted by atomic mass is 9.79. The number of halogens is 2. The van der Waals surface area contributed by atoms with Gasteiger partial charge >= 0.3 is 0 Å². The second-order valence-corrected chi connectivity index (χ2v) is 9.22. The van der Waals surface area contributed by atoms with E-state index in [2.05, 4.69) is 32.7 Å². The van der Waals surface area contributed by atoms with Crippen molar-refractivity contribution in [2.24, 2.45) is 0 Å². The zero-order valence-electron chi connectivity index (χ0n) is 18.4. The molecule has 0 N–H and O–H groups in total. The summed E-state index contributed by atoms with van der Waals surface area (Å²) in [4.78, 5) is 9.14. The van der Waals surface area contributed by atoms with Gasteiger partial charge in [-0.3, -0.25) is 4.57 Å². The van der Waals surface area contributed by atoms with E-state index in [4.69, 9.17) is 14.5 Å². The summed E-state index contributed by atoms with van der Waals surface area (Å²) in [5.41, 5.74) is 0.837. The fourth-order valence-electron chi connectivity index (χ4n) is 4.67. The van der Waals surface area contributed by atoms with E-state index in [0.29, 0.717) is 17.3 Å². The lowest BCUT2D eigenvalue weighted by molar-refractivity contribution is -0.162. The summed E-state index contributed by atoms with van der Waals surface area (Å²) >= 11 is 0. The molecule has 2 aromatic heterocycles. The first-order valence-corrected chi connectivity index (χ1v) is 10.3. The quantitative estimate of drug-likeness (QED) is 0.538. The second-order valence-electron chi connectivity index (χ2n) is 9.22. The molecule has 3 heterocycles. The second kappa shape index (κ2) is 7.71.